The van der Waals surface area contributed by atoms with Crippen molar-refractivity contribution in [3.05, 3.63) is 28.2 Å². The number of thioether (sulfide) groups is 1. The van der Waals surface area contributed by atoms with Crippen LogP contribution in [0.25, 0.3) is 0 Å². The standard InChI is InChI=1S/C13H17BrO3S/c1-13(2,3)11(15)7-18-10-6-8(14)4-5-9(10)12(16)17/h4-6,11,15H,7H2,1-3H3,(H,16,17). The minimum Gasteiger partial charge on any atom is -0.478 e. The number of carboxylic acids is 1. The lowest BCUT2D eigenvalue weighted by atomic mass is 9.90. The molecule has 0 heterocycles. The van der Waals surface area contributed by atoms with Crippen LogP contribution in [-0.2, 0) is 0 Å². The van der Waals surface area contributed by atoms with Gasteiger partial charge in [0.1, 0.15) is 0 Å². The monoisotopic (exact) mass is 332 g/mol. The second-order valence-electron chi connectivity index (χ2n) is 5.14. The number of halogens is 1. The van der Waals surface area contributed by atoms with E-state index in [0.29, 0.717) is 10.6 Å². The van der Waals surface area contributed by atoms with Gasteiger partial charge in [0.2, 0.25) is 0 Å². The first-order valence-electron chi connectivity index (χ1n) is 5.55. The van der Waals surface area contributed by atoms with Crippen LogP contribution in [0.1, 0.15) is 31.1 Å². The third-order valence-electron chi connectivity index (χ3n) is 2.57. The van der Waals surface area contributed by atoms with Gasteiger partial charge in [0.25, 0.3) is 0 Å². The van der Waals surface area contributed by atoms with Crippen LogP contribution in [-0.4, -0.2) is 28.0 Å². The Bertz CT molecular complexity index is 440. The zero-order valence-electron chi connectivity index (χ0n) is 10.6. The summed E-state index contributed by atoms with van der Waals surface area (Å²) in [6, 6.07) is 5.04. The van der Waals surface area contributed by atoms with Crippen molar-refractivity contribution in [1.29, 1.82) is 0 Å². The van der Waals surface area contributed by atoms with Gasteiger partial charge in [0.05, 0.1) is 11.7 Å². The SMILES string of the molecule is CC(C)(C)C(O)CSc1cc(Br)ccc1C(=O)O. The summed E-state index contributed by atoms with van der Waals surface area (Å²) in [6.07, 6.45) is -0.483. The van der Waals surface area contributed by atoms with Crippen LogP contribution in [0.2, 0.25) is 0 Å². The Balaban J connectivity index is 2.84. The van der Waals surface area contributed by atoms with Gasteiger partial charge in [-0.3, -0.25) is 0 Å². The molecule has 0 bridgehead atoms. The molecule has 1 unspecified atom stereocenters. The molecule has 0 spiro atoms. The number of aromatic carboxylic acids is 1. The summed E-state index contributed by atoms with van der Waals surface area (Å²) < 4.78 is 0.834. The number of carbonyl (C=O) groups is 1. The summed E-state index contributed by atoms with van der Waals surface area (Å²) in [6.45, 7) is 5.87. The summed E-state index contributed by atoms with van der Waals surface area (Å²) >= 11 is 4.69. The van der Waals surface area contributed by atoms with Gasteiger partial charge >= 0.3 is 5.97 Å². The lowest BCUT2D eigenvalue weighted by Gasteiger charge is -2.25. The van der Waals surface area contributed by atoms with Gasteiger partial charge in [-0.1, -0.05) is 36.7 Å². The van der Waals surface area contributed by atoms with Crippen molar-refractivity contribution in [2.75, 3.05) is 5.75 Å². The van der Waals surface area contributed by atoms with Crippen molar-refractivity contribution in [2.45, 2.75) is 31.8 Å². The molecule has 0 saturated carbocycles. The van der Waals surface area contributed by atoms with Gasteiger partial charge in [-0.25, -0.2) is 4.79 Å². The van der Waals surface area contributed by atoms with E-state index in [9.17, 15) is 9.90 Å². The van der Waals surface area contributed by atoms with Crippen LogP contribution in [0.4, 0.5) is 0 Å². The van der Waals surface area contributed by atoms with Crippen molar-refractivity contribution in [3.8, 4) is 0 Å². The van der Waals surface area contributed by atoms with Gasteiger partial charge in [0, 0.05) is 15.1 Å². The summed E-state index contributed by atoms with van der Waals surface area (Å²) in [4.78, 5) is 11.8. The first-order valence-corrected chi connectivity index (χ1v) is 7.33. The molecule has 100 valence electrons. The van der Waals surface area contributed by atoms with E-state index in [2.05, 4.69) is 15.9 Å². The molecule has 0 aliphatic rings. The van der Waals surface area contributed by atoms with Crippen LogP contribution in [0, 0.1) is 5.41 Å². The Morgan fingerprint density at radius 2 is 2.06 bits per heavy atom. The quantitative estimate of drug-likeness (QED) is 0.826. The fraction of sp³-hybridized carbons (Fsp3) is 0.462. The van der Waals surface area contributed by atoms with Crippen LogP contribution in [0.3, 0.4) is 0 Å². The van der Waals surface area contributed by atoms with E-state index >= 15 is 0 Å². The maximum atomic E-state index is 11.1. The Morgan fingerprint density at radius 1 is 1.44 bits per heavy atom. The highest BCUT2D eigenvalue weighted by Crippen LogP contribution is 2.30. The van der Waals surface area contributed by atoms with E-state index in [4.69, 9.17) is 5.11 Å². The average molecular weight is 333 g/mol. The zero-order valence-corrected chi connectivity index (χ0v) is 13.0. The molecule has 0 amide bonds. The van der Waals surface area contributed by atoms with Gasteiger partial charge in [-0.2, -0.15) is 0 Å². The molecule has 1 atom stereocenters. The van der Waals surface area contributed by atoms with Crippen molar-refractivity contribution < 1.29 is 15.0 Å². The van der Waals surface area contributed by atoms with Crippen LogP contribution in [0.5, 0.6) is 0 Å². The maximum absolute atomic E-state index is 11.1. The van der Waals surface area contributed by atoms with Crippen molar-refractivity contribution in [3.63, 3.8) is 0 Å². The molecular weight excluding hydrogens is 316 g/mol. The molecule has 5 heteroatoms. The first kappa shape index (κ1) is 15.5. The molecule has 1 aromatic carbocycles. The minimum absolute atomic E-state index is 0.206. The Labute approximate surface area is 120 Å². The summed E-state index contributed by atoms with van der Waals surface area (Å²) in [5.74, 6) is -0.476. The molecule has 2 N–H and O–H groups in total. The van der Waals surface area contributed by atoms with E-state index in [1.807, 2.05) is 20.8 Å². The third-order valence-corrected chi connectivity index (χ3v) is 4.19. The molecular formula is C13H17BrO3S. The van der Waals surface area contributed by atoms with Crippen LogP contribution < -0.4 is 0 Å². The predicted octanol–water partition coefficient (Wildman–Crippen LogP) is 3.65. The smallest absolute Gasteiger partial charge is 0.336 e. The molecule has 3 nitrogen and oxygen atoms in total. The van der Waals surface area contributed by atoms with E-state index in [1.54, 1.807) is 18.2 Å². The predicted molar refractivity (Wildman–Crippen MR) is 77.3 cm³/mol. The van der Waals surface area contributed by atoms with E-state index < -0.39 is 12.1 Å². The summed E-state index contributed by atoms with van der Waals surface area (Å²) in [7, 11) is 0. The topological polar surface area (TPSA) is 57.5 Å². The third kappa shape index (κ3) is 4.30. The highest BCUT2D eigenvalue weighted by atomic mass is 79.9. The molecule has 0 aromatic heterocycles. The molecule has 0 saturated heterocycles. The lowest BCUT2D eigenvalue weighted by Crippen LogP contribution is -2.28. The second kappa shape index (κ2) is 6.08. The lowest BCUT2D eigenvalue weighted by molar-refractivity contribution is 0.0692. The highest BCUT2D eigenvalue weighted by molar-refractivity contribution is 9.10. The van der Waals surface area contributed by atoms with Crippen molar-refractivity contribution >= 4 is 33.7 Å². The molecule has 0 radical (unpaired) electrons. The minimum atomic E-state index is -0.949. The maximum Gasteiger partial charge on any atom is 0.336 e. The summed E-state index contributed by atoms with van der Waals surface area (Å²) in [5.41, 5.74) is 0.0619. The van der Waals surface area contributed by atoms with E-state index in [1.165, 1.54) is 11.8 Å². The molecule has 0 aliphatic carbocycles. The van der Waals surface area contributed by atoms with Crippen molar-refractivity contribution in [1.82, 2.24) is 0 Å². The number of carboxylic acid groups (broad SMARTS) is 1. The number of aliphatic hydroxyl groups excluding tert-OH is 1. The second-order valence-corrected chi connectivity index (χ2v) is 7.12. The largest absolute Gasteiger partial charge is 0.478 e. The molecule has 1 rings (SSSR count). The number of aliphatic hydroxyl groups is 1. The number of hydrogen-bond acceptors (Lipinski definition) is 3. The molecule has 1 aromatic rings. The molecule has 0 fully saturated rings. The Morgan fingerprint density at radius 3 is 2.56 bits per heavy atom. The van der Waals surface area contributed by atoms with Crippen LogP contribution >= 0.6 is 27.7 Å². The van der Waals surface area contributed by atoms with Gasteiger partial charge in [0.15, 0.2) is 0 Å². The van der Waals surface area contributed by atoms with Gasteiger partial charge < -0.3 is 10.2 Å². The normalized spacial score (nSPS) is 13.4. The first-order chi connectivity index (χ1) is 8.21. The van der Waals surface area contributed by atoms with Gasteiger partial charge in [-0.15, -0.1) is 11.8 Å². The fourth-order valence-corrected chi connectivity index (χ4v) is 3.08. The number of hydrogen-bond donors (Lipinski definition) is 2. The Kier molecular flexibility index (Phi) is 5.25. The van der Waals surface area contributed by atoms with E-state index in [-0.39, 0.29) is 11.0 Å². The van der Waals surface area contributed by atoms with Crippen molar-refractivity contribution in [2.24, 2.45) is 5.41 Å². The number of benzene rings is 1. The number of rotatable bonds is 4. The summed E-state index contributed by atoms with van der Waals surface area (Å²) in [5, 5.41) is 19.1. The molecule has 0 aliphatic heterocycles. The fourth-order valence-electron chi connectivity index (χ4n) is 1.21. The Hall–Kier alpha value is -0.520. The van der Waals surface area contributed by atoms with E-state index in [0.717, 1.165) is 4.47 Å². The average Bonchev–Trinajstić information content (AvgIpc) is 2.24. The van der Waals surface area contributed by atoms with Gasteiger partial charge in [-0.05, 0) is 23.6 Å². The molecule has 18 heavy (non-hydrogen) atoms. The highest BCUT2D eigenvalue weighted by Gasteiger charge is 2.23. The van der Waals surface area contributed by atoms with Crippen LogP contribution in [0.15, 0.2) is 27.6 Å². The zero-order chi connectivity index (χ0) is 13.9.